The number of ether oxygens (including phenoxy) is 3. The molecule has 142 valence electrons. The molecule has 0 unspecified atom stereocenters. The van der Waals surface area contributed by atoms with E-state index in [-0.39, 0.29) is 18.9 Å². The quantitative estimate of drug-likeness (QED) is 0.645. The molecule has 4 amide bonds. The number of carbonyl (C=O) groups excluding carboxylic acids is 3. The monoisotopic (exact) mass is 380 g/mol. The van der Waals surface area contributed by atoms with Gasteiger partial charge in [-0.3, -0.25) is 19.8 Å². The van der Waals surface area contributed by atoms with Gasteiger partial charge in [-0.1, -0.05) is 18.2 Å². The van der Waals surface area contributed by atoms with E-state index in [1.54, 1.807) is 49.6 Å². The van der Waals surface area contributed by atoms with E-state index in [0.29, 0.717) is 22.8 Å². The number of amides is 4. The first kappa shape index (κ1) is 17.6. The minimum absolute atomic E-state index is 0.0282. The highest BCUT2D eigenvalue weighted by Gasteiger charge is 2.35. The Bertz CT molecular complexity index is 996. The van der Waals surface area contributed by atoms with E-state index < -0.39 is 17.8 Å². The van der Waals surface area contributed by atoms with Crippen LogP contribution in [-0.4, -0.2) is 36.6 Å². The lowest BCUT2D eigenvalue weighted by Crippen LogP contribution is -2.53. The van der Waals surface area contributed by atoms with Gasteiger partial charge in [0.2, 0.25) is 6.79 Å². The molecule has 0 atom stereocenters. The van der Waals surface area contributed by atoms with Crippen molar-refractivity contribution in [3.63, 3.8) is 0 Å². The molecule has 0 aromatic heterocycles. The van der Waals surface area contributed by atoms with Crippen molar-refractivity contribution < 1.29 is 28.6 Å². The number of barbiturate groups is 1. The Kier molecular flexibility index (Phi) is 4.44. The predicted molar refractivity (Wildman–Crippen MR) is 97.6 cm³/mol. The molecule has 2 aromatic carbocycles. The Balaban J connectivity index is 1.60. The number of hydrogen-bond donors (Lipinski definition) is 1. The van der Waals surface area contributed by atoms with E-state index >= 15 is 0 Å². The van der Waals surface area contributed by atoms with Crippen LogP contribution in [0.3, 0.4) is 0 Å². The van der Waals surface area contributed by atoms with Crippen molar-refractivity contribution in [3.05, 3.63) is 59.2 Å². The van der Waals surface area contributed by atoms with Gasteiger partial charge in [-0.2, -0.15) is 0 Å². The van der Waals surface area contributed by atoms with Gasteiger partial charge in [0.25, 0.3) is 11.8 Å². The summed E-state index contributed by atoms with van der Waals surface area (Å²) in [7, 11) is 1.55. The van der Waals surface area contributed by atoms with Crippen LogP contribution in [-0.2, 0) is 16.1 Å². The largest absolute Gasteiger partial charge is 0.497 e. The predicted octanol–water partition coefficient (Wildman–Crippen LogP) is 2.09. The minimum Gasteiger partial charge on any atom is -0.497 e. The summed E-state index contributed by atoms with van der Waals surface area (Å²) in [6.07, 6.45) is 1.42. The number of imide groups is 2. The first-order chi connectivity index (χ1) is 13.5. The van der Waals surface area contributed by atoms with Gasteiger partial charge in [0, 0.05) is 0 Å². The summed E-state index contributed by atoms with van der Waals surface area (Å²) in [6, 6.07) is 11.3. The molecule has 2 aliphatic rings. The van der Waals surface area contributed by atoms with Crippen molar-refractivity contribution in [1.29, 1.82) is 0 Å². The summed E-state index contributed by atoms with van der Waals surface area (Å²) >= 11 is 0. The van der Waals surface area contributed by atoms with Gasteiger partial charge in [0.15, 0.2) is 11.5 Å². The topological polar surface area (TPSA) is 94.2 Å². The number of rotatable bonds is 4. The zero-order chi connectivity index (χ0) is 19.7. The molecule has 8 heteroatoms. The molecule has 28 heavy (non-hydrogen) atoms. The highest BCUT2D eigenvalue weighted by Crippen LogP contribution is 2.33. The van der Waals surface area contributed by atoms with Gasteiger partial charge >= 0.3 is 6.03 Å². The molecule has 0 saturated carbocycles. The molecule has 0 spiro atoms. The summed E-state index contributed by atoms with van der Waals surface area (Å²) in [4.78, 5) is 38.2. The first-order valence-electron chi connectivity index (χ1n) is 8.46. The minimum atomic E-state index is -0.756. The van der Waals surface area contributed by atoms with Crippen LogP contribution in [0.1, 0.15) is 11.1 Å². The van der Waals surface area contributed by atoms with Crippen molar-refractivity contribution in [1.82, 2.24) is 10.2 Å². The lowest BCUT2D eigenvalue weighted by atomic mass is 10.1. The molecular formula is C20H16N2O6. The van der Waals surface area contributed by atoms with Gasteiger partial charge in [-0.15, -0.1) is 0 Å². The normalized spacial score (nSPS) is 17.1. The van der Waals surface area contributed by atoms with Crippen LogP contribution in [0.25, 0.3) is 6.08 Å². The van der Waals surface area contributed by atoms with Crippen molar-refractivity contribution in [2.24, 2.45) is 0 Å². The average Bonchev–Trinajstić information content (AvgIpc) is 3.17. The van der Waals surface area contributed by atoms with Gasteiger partial charge in [0.05, 0.1) is 13.7 Å². The highest BCUT2D eigenvalue weighted by atomic mass is 16.7. The third-order valence-corrected chi connectivity index (χ3v) is 4.39. The number of urea groups is 1. The number of nitrogens with zero attached hydrogens (tertiary/aromatic N) is 1. The Hall–Kier alpha value is -3.81. The van der Waals surface area contributed by atoms with Crippen LogP contribution in [0, 0.1) is 0 Å². The second kappa shape index (κ2) is 7.07. The van der Waals surface area contributed by atoms with E-state index in [0.717, 1.165) is 10.5 Å². The lowest BCUT2D eigenvalue weighted by molar-refractivity contribution is -0.130. The van der Waals surface area contributed by atoms with Crippen molar-refractivity contribution in [2.45, 2.75) is 6.54 Å². The maximum absolute atomic E-state index is 12.8. The number of hydrogen-bond acceptors (Lipinski definition) is 6. The third kappa shape index (κ3) is 3.27. The Morgan fingerprint density at radius 2 is 1.82 bits per heavy atom. The summed E-state index contributed by atoms with van der Waals surface area (Å²) < 4.78 is 15.7. The molecule has 0 radical (unpaired) electrons. The van der Waals surface area contributed by atoms with Gasteiger partial charge in [-0.05, 0) is 41.5 Å². The molecule has 8 nitrogen and oxygen atoms in total. The second-order valence-corrected chi connectivity index (χ2v) is 6.17. The fraction of sp³-hybridized carbons (Fsp3) is 0.150. The average molecular weight is 380 g/mol. The Morgan fingerprint density at radius 3 is 2.57 bits per heavy atom. The van der Waals surface area contributed by atoms with Crippen LogP contribution in [0.2, 0.25) is 0 Å². The summed E-state index contributed by atoms with van der Waals surface area (Å²) in [5, 5.41) is 2.20. The SMILES string of the molecule is COc1ccc(CN2C(=O)NC(=O)C(=Cc3ccc4c(c3)OCO4)C2=O)cc1. The molecule has 2 aromatic rings. The Labute approximate surface area is 160 Å². The molecule has 0 aliphatic carbocycles. The van der Waals surface area contributed by atoms with E-state index in [1.807, 2.05) is 0 Å². The van der Waals surface area contributed by atoms with Crippen molar-refractivity contribution in [3.8, 4) is 17.2 Å². The number of benzene rings is 2. The van der Waals surface area contributed by atoms with Gasteiger partial charge < -0.3 is 14.2 Å². The second-order valence-electron chi connectivity index (χ2n) is 6.17. The van der Waals surface area contributed by atoms with Crippen LogP contribution in [0.4, 0.5) is 4.79 Å². The smallest absolute Gasteiger partial charge is 0.331 e. The van der Waals surface area contributed by atoms with Gasteiger partial charge in [0.1, 0.15) is 11.3 Å². The maximum Gasteiger partial charge on any atom is 0.331 e. The van der Waals surface area contributed by atoms with E-state index in [9.17, 15) is 14.4 Å². The lowest BCUT2D eigenvalue weighted by Gasteiger charge is -2.26. The summed E-state index contributed by atoms with van der Waals surface area (Å²) in [5.74, 6) is 0.389. The number of methoxy groups -OCH3 is 1. The number of carbonyl (C=O) groups is 3. The van der Waals surface area contributed by atoms with E-state index in [4.69, 9.17) is 14.2 Å². The zero-order valence-corrected chi connectivity index (χ0v) is 14.9. The molecule has 2 heterocycles. The molecule has 1 N–H and O–H groups in total. The van der Waals surface area contributed by atoms with Gasteiger partial charge in [-0.25, -0.2) is 4.79 Å². The van der Waals surface area contributed by atoms with E-state index in [2.05, 4.69) is 5.32 Å². The standard InChI is InChI=1S/C20H16N2O6/c1-26-14-5-2-12(3-6-14)10-22-19(24)15(18(23)21-20(22)25)8-13-4-7-16-17(9-13)28-11-27-16/h2-9H,10-11H2,1H3,(H,21,23,25). The molecule has 4 rings (SSSR count). The van der Waals surface area contributed by atoms with Crippen molar-refractivity contribution >= 4 is 23.9 Å². The fourth-order valence-electron chi connectivity index (χ4n) is 2.92. The molecule has 1 saturated heterocycles. The Morgan fingerprint density at radius 1 is 1.07 bits per heavy atom. The number of fused-ring (bicyclic) bond motifs is 1. The molecule has 0 bridgehead atoms. The van der Waals surface area contributed by atoms with Crippen LogP contribution in [0.15, 0.2) is 48.0 Å². The summed E-state index contributed by atoms with van der Waals surface area (Å²) in [6.45, 7) is 0.152. The fourth-order valence-corrected chi connectivity index (χ4v) is 2.92. The van der Waals surface area contributed by atoms with E-state index in [1.165, 1.54) is 6.08 Å². The van der Waals surface area contributed by atoms with Crippen molar-refractivity contribution in [2.75, 3.05) is 13.9 Å². The first-order valence-corrected chi connectivity index (χ1v) is 8.46. The molecule has 1 fully saturated rings. The molecule has 2 aliphatic heterocycles. The molecular weight excluding hydrogens is 364 g/mol. The maximum atomic E-state index is 12.8. The van der Waals surface area contributed by atoms with Crippen LogP contribution >= 0.6 is 0 Å². The highest BCUT2D eigenvalue weighted by molar-refractivity contribution is 6.30. The van der Waals surface area contributed by atoms with Crippen LogP contribution < -0.4 is 19.5 Å². The third-order valence-electron chi connectivity index (χ3n) is 4.39. The zero-order valence-electron chi connectivity index (χ0n) is 14.9. The summed E-state index contributed by atoms with van der Waals surface area (Å²) in [5.41, 5.74) is 1.18. The van der Waals surface area contributed by atoms with Crippen LogP contribution in [0.5, 0.6) is 17.2 Å². The number of nitrogens with one attached hydrogen (secondary N) is 1.